The molecule has 0 bridgehead atoms. The van der Waals surface area contributed by atoms with Crippen LogP contribution >= 0.6 is 21.6 Å². The van der Waals surface area contributed by atoms with Gasteiger partial charge in [0.2, 0.25) is 0 Å². The van der Waals surface area contributed by atoms with Crippen molar-refractivity contribution in [1.82, 2.24) is 0 Å². The van der Waals surface area contributed by atoms with Crippen LogP contribution in [0.3, 0.4) is 0 Å². The molecule has 0 unspecified atom stereocenters. The van der Waals surface area contributed by atoms with Crippen LogP contribution in [0.2, 0.25) is 0 Å². The third-order valence-electron chi connectivity index (χ3n) is 1.47. The fourth-order valence-electron chi connectivity index (χ4n) is 0.721. The maximum Gasteiger partial charge on any atom is 0.305 e. The van der Waals surface area contributed by atoms with Gasteiger partial charge in [0.05, 0.1) is 7.11 Å². The number of aldehydes is 1. The van der Waals surface area contributed by atoms with Crippen molar-refractivity contribution in [2.45, 2.75) is 25.7 Å². The number of esters is 1. The fourth-order valence-corrected chi connectivity index (χ4v) is 2.92. The van der Waals surface area contributed by atoms with Crippen LogP contribution in [0, 0.1) is 0 Å². The second-order valence-electron chi connectivity index (χ2n) is 2.63. The minimum Gasteiger partial charge on any atom is -0.469 e. The highest BCUT2D eigenvalue weighted by atomic mass is 33.1. The van der Waals surface area contributed by atoms with E-state index < -0.39 is 0 Å². The van der Waals surface area contributed by atoms with Crippen molar-refractivity contribution in [3.05, 3.63) is 0 Å². The maximum atomic E-state index is 10.7. The molecule has 0 aliphatic rings. The van der Waals surface area contributed by atoms with Gasteiger partial charge < -0.3 is 9.53 Å². The van der Waals surface area contributed by atoms with Crippen molar-refractivity contribution in [2.24, 2.45) is 0 Å². The van der Waals surface area contributed by atoms with Crippen molar-refractivity contribution in [1.29, 1.82) is 0 Å². The molecular formula is C9H16O3S2. The SMILES string of the molecule is COC(=O)CCCSSCCCC=O. The monoisotopic (exact) mass is 236 g/mol. The quantitative estimate of drug-likeness (QED) is 0.266. The lowest BCUT2D eigenvalue weighted by atomic mass is 10.3. The molecule has 0 spiro atoms. The van der Waals surface area contributed by atoms with E-state index in [0.29, 0.717) is 12.8 Å². The predicted molar refractivity (Wildman–Crippen MR) is 61.5 cm³/mol. The molecule has 0 atom stereocenters. The van der Waals surface area contributed by atoms with Crippen LogP contribution in [0.5, 0.6) is 0 Å². The first-order valence-electron chi connectivity index (χ1n) is 4.56. The van der Waals surface area contributed by atoms with Crippen LogP contribution in [-0.2, 0) is 14.3 Å². The molecule has 0 N–H and O–H groups in total. The summed E-state index contributed by atoms with van der Waals surface area (Å²) in [6, 6.07) is 0. The Labute approximate surface area is 92.7 Å². The lowest BCUT2D eigenvalue weighted by Gasteiger charge is -1.99. The van der Waals surface area contributed by atoms with E-state index in [2.05, 4.69) is 4.74 Å². The summed E-state index contributed by atoms with van der Waals surface area (Å²) < 4.78 is 4.52. The lowest BCUT2D eigenvalue weighted by molar-refractivity contribution is -0.140. The van der Waals surface area contributed by atoms with Gasteiger partial charge in [-0.2, -0.15) is 0 Å². The number of carbonyl (C=O) groups excluding carboxylic acids is 2. The van der Waals surface area contributed by atoms with Crippen LogP contribution in [0.1, 0.15) is 25.7 Å². The third kappa shape index (κ3) is 9.92. The zero-order valence-electron chi connectivity index (χ0n) is 8.36. The molecule has 14 heavy (non-hydrogen) atoms. The van der Waals surface area contributed by atoms with Gasteiger partial charge in [0, 0.05) is 24.3 Å². The summed E-state index contributed by atoms with van der Waals surface area (Å²) in [7, 11) is 4.91. The minimum atomic E-state index is -0.142. The Morgan fingerprint density at radius 3 is 2.50 bits per heavy atom. The van der Waals surface area contributed by atoms with Gasteiger partial charge in [0.1, 0.15) is 6.29 Å². The second kappa shape index (κ2) is 10.9. The lowest BCUT2D eigenvalue weighted by Crippen LogP contribution is -1.99. The van der Waals surface area contributed by atoms with Gasteiger partial charge in [-0.1, -0.05) is 21.6 Å². The molecule has 0 rings (SSSR count). The molecule has 0 saturated heterocycles. The fraction of sp³-hybridized carbons (Fsp3) is 0.778. The van der Waals surface area contributed by atoms with Gasteiger partial charge in [-0.3, -0.25) is 4.79 Å². The first-order chi connectivity index (χ1) is 6.81. The Morgan fingerprint density at radius 1 is 1.29 bits per heavy atom. The molecule has 0 heterocycles. The van der Waals surface area contributed by atoms with Crippen molar-refractivity contribution < 1.29 is 14.3 Å². The molecule has 0 aromatic heterocycles. The molecule has 0 amide bonds. The summed E-state index contributed by atoms with van der Waals surface area (Å²) in [5.74, 6) is 1.82. The van der Waals surface area contributed by atoms with E-state index in [0.717, 1.165) is 30.6 Å². The van der Waals surface area contributed by atoms with Crippen LogP contribution in [-0.4, -0.2) is 30.9 Å². The molecule has 3 nitrogen and oxygen atoms in total. The average Bonchev–Trinajstić information content (AvgIpc) is 2.21. The zero-order chi connectivity index (χ0) is 10.6. The molecule has 0 radical (unpaired) electrons. The summed E-state index contributed by atoms with van der Waals surface area (Å²) >= 11 is 0. The molecule has 82 valence electrons. The van der Waals surface area contributed by atoms with Crippen LogP contribution in [0.15, 0.2) is 0 Å². The van der Waals surface area contributed by atoms with E-state index in [4.69, 9.17) is 0 Å². The van der Waals surface area contributed by atoms with Crippen molar-refractivity contribution in [3.63, 3.8) is 0 Å². The highest BCUT2D eigenvalue weighted by molar-refractivity contribution is 8.76. The molecule has 5 heteroatoms. The maximum absolute atomic E-state index is 10.7. The highest BCUT2D eigenvalue weighted by Crippen LogP contribution is 2.23. The molecular weight excluding hydrogens is 220 g/mol. The zero-order valence-corrected chi connectivity index (χ0v) is 9.99. The van der Waals surface area contributed by atoms with Gasteiger partial charge in [0.25, 0.3) is 0 Å². The number of unbranched alkanes of at least 4 members (excludes halogenated alkanes) is 1. The van der Waals surface area contributed by atoms with E-state index in [1.54, 1.807) is 21.6 Å². The van der Waals surface area contributed by atoms with Gasteiger partial charge >= 0.3 is 5.97 Å². The number of hydrogen-bond donors (Lipinski definition) is 0. The number of hydrogen-bond acceptors (Lipinski definition) is 5. The highest BCUT2D eigenvalue weighted by Gasteiger charge is 1.99. The van der Waals surface area contributed by atoms with E-state index in [1.165, 1.54) is 7.11 Å². The van der Waals surface area contributed by atoms with E-state index in [9.17, 15) is 9.59 Å². The van der Waals surface area contributed by atoms with Crippen LogP contribution in [0.25, 0.3) is 0 Å². The van der Waals surface area contributed by atoms with Crippen molar-refractivity contribution in [2.75, 3.05) is 18.6 Å². The van der Waals surface area contributed by atoms with Gasteiger partial charge in [-0.05, 0) is 12.8 Å². The third-order valence-corrected chi connectivity index (χ3v) is 4.05. The Balaban J connectivity index is 2.98. The smallest absolute Gasteiger partial charge is 0.305 e. The molecule has 0 aromatic carbocycles. The normalized spacial score (nSPS) is 9.79. The molecule has 0 aliphatic heterocycles. The van der Waals surface area contributed by atoms with Gasteiger partial charge in [0.15, 0.2) is 0 Å². The van der Waals surface area contributed by atoms with Gasteiger partial charge in [-0.15, -0.1) is 0 Å². The van der Waals surface area contributed by atoms with Crippen LogP contribution < -0.4 is 0 Å². The second-order valence-corrected chi connectivity index (χ2v) is 5.33. The largest absolute Gasteiger partial charge is 0.469 e. The molecule has 0 aliphatic carbocycles. The van der Waals surface area contributed by atoms with E-state index in [-0.39, 0.29) is 5.97 Å². The van der Waals surface area contributed by atoms with E-state index >= 15 is 0 Å². The molecule has 0 fully saturated rings. The molecule has 0 aromatic rings. The number of carbonyl (C=O) groups is 2. The minimum absolute atomic E-state index is 0.142. The Morgan fingerprint density at radius 2 is 1.93 bits per heavy atom. The van der Waals surface area contributed by atoms with Crippen molar-refractivity contribution in [3.8, 4) is 0 Å². The first kappa shape index (κ1) is 13.8. The Bertz CT molecular complexity index is 162. The average molecular weight is 236 g/mol. The summed E-state index contributed by atoms with van der Waals surface area (Å²) in [4.78, 5) is 20.7. The predicted octanol–water partition coefficient (Wildman–Crippen LogP) is 2.30. The summed E-state index contributed by atoms with van der Waals surface area (Å²) in [5.41, 5.74) is 0. The van der Waals surface area contributed by atoms with E-state index in [1.807, 2.05) is 0 Å². The first-order valence-corrected chi connectivity index (χ1v) is 7.05. The summed E-state index contributed by atoms with van der Waals surface area (Å²) in [6.45, 7) is 0. The Hall–Kier alpha value is -0.160. The number of ether oxygens (including phenoxy) is 1. The Kier molecular flexibility index (Phi) is 10.8. The number of rotatable bonds is 9. The summed E-state index contributed by atoms with van der Waals surface area (Å²) in [6.07, 6.45) is 3.90. The van der Waals surface area contributed by atoms with Gasteiger partial charge in [-0.25, -0.2) is 0 Å². The van der Waals surface area contributed by atoms with Crippen LogP contribution in [0.4, 0.5) is 0 Å². The standard InChI is InChI=1S/C9H16O3S2/c1-12-9(11)5-4-8-14-13-7-3-2-6-10/h6H,2-5,7-8H2,1H3. The van der Waals surface area contributed by atoms with Crippen molar-refractivity contribution >= 4 is 33.8 Å². The molecule has 0 saturated carbocycles. The topological polar surface area (TPSA) is 43.4 Å². The summed E-state index contributed by atoms with van der Waals surface area (Å²) in [5, 5.41) is 0. The number of methoxy groups -OCH3 is 1.